The van der Waals surface area contributed by atoms with E-state index in [0.29, 0.717) is 0 Å². The second-order valence-electron chi connectivity index (χ2n) is 5.96. The number of hydrogen-bond donors (Lipinski definition) is 0. The van der Waals surface area contributed by atoms with Crippen LogP contribution in [0, 0.1) is 0 Å². The van der Waals surface area contributed by atoms with Crippen LogP contribution in [0.5, 0.6) is 0 Å². The lowest BCUT2D eigenvalue weighted by Crippen LogP contribution is -2.56. The Bertz CT molecular complexity index is 384. The molecule has 0 aliphatic carbocycles. The van der Waals surface area contributed by atoms with Gasteiger partial charge in [0.1, 0.15) is 0 Å². The molecule has 2 heterocycles. The molecule has 1 saturated heterocycles. The molecule has 1 aliphatic rings. The fourth-order valence-electron chi connectivity index (χ4n) is 2.70. The zero-order chi connectivity index (χ0) is 12.7. The predicted molar refractivity (Wildman–Crippen MR) is 76.5 cm³/mol. The Morgan fingerprint density at radius 3 is 2.35 bits per heavy atom. The summed E-state index contributed by atoms with van der Waals surface area (Å²) in [5.41, 5.74) is -0.128. The highest BCUT2D eigenvalue weighted by molar-refractivity contribution is 9.10. The van der Waals surface area contributed by atoms with Gasteiger partial charge in [0.25, 0.3) is 0 Å². The summed E-state index contributed by atoms with van der Waals surface area (Å²) in [5.74, 6) is 0. The molecular weight excluding hydrogens is 298 g/mol. The van der Waals surface area contributed by atoms with Gasteiger partial charge >= 0.3 is 0 Å². The number of ether oxygens (including phenoxy) is 1. The van der Waals surface area contributed by atoms with Crippen molar-refractivity contribution in [3.8, 4) is 0 Å². The van der Waals surface area contributed by atoms with Crippen molar-refractivity contribution in [1.82, 2.24) is 4.90 Å². The van der Waals surface area contributed by atoms with Gasteiger partial charge in [0.05, 0.1) is 11.2 Å². The van der Waals surface area contributed by atoms with Crippen molar-refractivity contribution < 1.29 is 4.74 Å². The van der Waals surface area contributed by atoms with E-state index in [-0.39, 0.29) is 11.2 Å². The van der Waals surface area contributed by atoms with Crippen LogP contribution in [0.25, 0.3) is 0 Å². The number of thiophene rings is 1. The minimum Gasteiger partial charge on any atom is -0.367 e. The Balaban J connectivity index is 2.09. The van der Waals surface area contributed by atoms with Crippen molar-refractivity contribution in [3.63, 3.8) is 0 Å². The van der Waals surface area contributed by atoms with Gasteiger partial charge < -0.3 is 4.74 Å². The van der Waals surface area contributed by atoms with E-state index in [1.54, 1.807) is 0 Å². The number of hydrogen-bond acceptors (Lipinski definition) is 3. The van der Waals surface area contributed by atoms with Gasteiger partial charge in [-0.2, -0.15) is 0 Å². The quantitative estimate of drug-likeness (QED) is 0.820. The zero-order valence-corrected chi connectivity index (χ0v) is 13.3. The van der Waals surface area contributed by atoms with E-state index < -0.39 is 0 Å². The van der Waals surface area contributed by atoms with Crippen molar-refractivity contribution in [2.75, 3.05) is 13.1 Å². The molecule has 0 N–H and O–H groups in total. The first-order valence-electron chi connectivity index (χ1n) is 5.92. The van der Waals surface area contributed by atoms with E-state index in [2.05, 4.69) is 60.0 Å². The van der Waals surface area contributed by atoms with Crippen LogP contribution in [0.4, 0.5) is 0 Å². The van der Waals surface area contributed by atoms with Crippen LogP contribution >= 0.6 is 27.3 Å². The smallest absolute Gasteiger partial charge is 0.0760 e. The Morgan fingerprint density at radius 2 is 1.88 bits per heavy atom. The minimum atomic E-state index is -0.0640. The van der Waals surface area contributed by atoms with Gasteiger partial charge in [-0.1, -0.05) is 0 Å². The van der Waals surface area contributed by atoms with E-state index in [0.717, 1.165) is 19.6 Å². The molecule has 0 unspecified atom stereocenters. The normalized spacial score (nSPS) is 23.8. The van der Waals surface area contributed by atoms with Crippen molar-refractivity contribution in [3.05, 3.63) is 20.8 Å². The third-order valence-corrected chi connectivity index (χ3v) is 4.73. The van der Waals surface area contributed by atoms with Crippen LogP contribution < -0.4 is 0 Å². The third-order valence-electron chi connectivity index (χ3n) is 2.82. The van der Waals surface area contributed by atoms with Crippen molar-refractivity contribution in [2.24, 2.45) is 0 Å². The van der Waals surface area contributed by atoms with E-state index in [4.69, 9.17) is 4.74 Å². The average molecular weight is 318 g/mol. The van der Waals surface area contributed by atoms with Crippen LogP contribution in [-0.2, 0) is 11.3 Å². The Morgan fingerprint density at radius 1 is 1.29 bits per heavy atom. The van der Waals surface area contributed by atoms with Crippen LogP contribution in [0.3, 0.4) is 0 Å². The monoisotopic (exact) mass is 317 g/mol. The Kier molecular flexibility index (Phi) is 3.70. The van der Waals surface area contributed by atoms with Gasteiger partial charge in [-0.3, -0.25) is 4.90 Å². The average Bonchev–Trinajstić information content (AvgIpc) is 2.45. The molecule has 2 rings (SSSR count). The fraction of sp³-hybridized carbons (Fsp3) is 0.692. The predicted octanol–water partition coefficient (Wildman–Crippen LogP) is 3.90. The topological polar surface area (TPSA) is 12.5 Å². The van der Waals surface area contributed by atoms with Crippen molar-refractivity contribution >= 4 is 27.3 Å². The lowest BCUT2D eigenvalue weighted by molar-refractivity contribution is -0.182. The molecule has 1 fully saturated rings. The summed E-state index contributed by atoms with van der Waals surface area (Å²) >= 11 is 5.42. The van der Waals surface area contributed by atoms with E-state index in [9.17, 15) is 0 Å². The number of halogens is 1. The maximum atomic E-state index is 6.09. The molecule has 1 aliphatic heterocycles. The van der Waals surface area contributed by atoms with Crippen molar-refractivity contribution in [1.29, 1.82) is 0 Å². The Labute approximate surface area is 116 Å². The van der Waals surface area contributed by atoms with Gasteiger partial charge in [0, 0.05) is 29.0 Å². The summed E-state index contributed by atoms with van der Waals surface area (Å²) in [6, 6.07) is 2.12. The molecule has 96 valence electrons. The molecule has 0 saturated carbocycles. The van der Waals surface area contributed by atoms with Crippen LogP contribution in [0.1, 0.15) is 32.6 Å². The Hall–Kier alpha value is 0.1000. The SMILES string of the molecule is CC1(C)CN(Cc2sccc2Br)CC(C)(C)O1. The van der Waals surface area contributed by atoms with Gasteiger partial charge in [0.15, 0.2) is 0 Å². The molecule has 1 aromatic heterocycles. The second kappa shape index (κ2) is 4.65. The second-order valence-corrected chi connectivity index (χ2v) is 7.81. The van der Waals surface area contributed by atoms with Crippen LogP contribution in [0.2, 0.25) is 0 Å². The maximum absolute atomic E-state index is 6.09. The summed E-state index contributed by atoms with van der Waals surface area (Å²) < 4.78 is 7.32. The number of nitrogens with zero attached hydrogens (tertiary/aromatic N) is 1. The maximum Gasteiger partial charge on any atom is 0.0760 e. The lowest BCUT2D eigenvalue weighted by atomic mass is 9.99. The van der Waals surface area contributed by atoms with Crippen LogP contribution in [0.15, 0.2) is 15.9 Å². The summed E-state index contributed by atoms with van der Waals surface area (Å²) in [6.07, 6.45) is 0. The summed E-state index contributed by atoms with van der Waals surface area (Å²) in [7, 11) is 0. The molecule has 17 heavy (non-hydrogen) atoms. The van der Waals surface area contributed by atoms with E-state index in [1.165, 1.54) is 9.35 Å². The highest BCUT2D eigenvalue weighted by atomic mass is 79.9. The van der Waals surface area contributed by atoms with Crippen molar-refractivity contribution in [2.45, 2.75) is 45.4 Å². The zero-order valence-electron chi connectivity index (χ0n) is 10.9. The summed E-state index contributed by atoms with van der Waals surface area (Å²) in [4.78, 5) is 3.89. The largest absolute Gasteiger partial charge is 0.367 e. The fourth-order valence-corrected chi connectivity index (χ4v) is 4.22. The summed E-state index contributed by atoms with van der Waals surface area (Å²) in [5, 5.41) is 2.14. The standard InChI is InChI=1S/C13H20BrNOS/c1-12(2)8-15(9-13(3,4)16-12)7-11-10(14)5-6-17-11/h5-6H,7-9H2,1-4H3. The molecule has 1 aromatic rings. The van der Waals surface area contributed by atoms with Gasteiger partial charge in [0.2, 0.25) is 0 Å². The molecule has 4 heteroatoms. The molecule has 0 spiro atoms. The molecule has 0 atom stereocenters. The molecule has 0 radical (unpaired) electrons. The summed E-state index contributed by atoms with van der Waals surface area (Å²) in [6.45, 7) is 11.7. The first kappa shape index (κ1) is 13.5. The highest BCUT2D eigenvalue weighted by Crippen LogP contribution is 2.31. The van der Waals surface area contributed by atoms with Crippen LogP contribution in [-0.4, -0.2) is 29.2 Å². The number of morpholine rings is 1. The van der Waals surface area contributed by atoms with Gasteiger partial charge in [-0.15, -0.1) is 11.3 Å². The highest BCUT2D eigenvalue weighted by Gasteiger charge is 2.38. The molecule has 0 bridgehead atoms. The molecular formula is C13H20BrNOS. The first-order chi connectivity index (χ1) is 7.77. The molecule has 0 amide bonds. The third kappa shape index (κ3) is 3.53. The minimum absolute atomic E-state index is 0.0640. The van der Waals surface area contributed by atoms with Gasteiger partial charge in [-0.25, -0.2) is 0 Å². The molecule has 2 nitrogen and oxygen atoms in total. The number of rotatable bonds is 2. The first-order valence-corrected chi connectivity index (χ1v) is 7.59. The van der Waals surface area contributed by atoms with E-state index in [1.807, 2.05) is 11.3 Å². The van der Waals surface area contributed by atoms with E-state index >= 15 is 0 Å². The lowest BCUT2D eigenvalue weighted by Gasteiger charge is -2.47. The van der Waals surface area contributed by atoms with Gasteiger partial charge in [-0.05, 0) is 55.1 Å². The molecule has 0 aromatic carbocycles.